The number of hydrogen-bond donors (Lipinski definition) is 2. The van der Waals surface area contributed by atoms with Crippen molar-refractivity contribution < 1.29 is 9.13 Å². The van der Waals surface area contributed by atoms with Crippen molar-refractivity contribution in [2.75, 3.05) is 39.6 Å². The Bertz CT molecular complexity index is 415. The van der Waals surface area contributed by atoms with Crippen molar-refractivity contribution in [1.29, 1.82) is 0 Å². The van der Waals surface area contributed by atoms with Crippen LogP contribution in [0.2, 0.25) is 0 Å². The maximum atomic E-state index is 13.4. The SMILES string of the molecule is CN=C(NCCOC)NCCSCc1ccccc1F. The van der Waals surface area contributed by atoms with Crippen molar-refractivity contribution in [3.63, 3.8) is 0 Å². The van der Waals surface area contributed by atoms with Crippen LogP contribution in [-0.2, 0) is 10.5 Å². The standard InChI is InChI=1S/C14H22FN3OS/c1-16-14(17-7-9-19-2)18-8-10-20-11-12-5-3-4-6-13(12)15/h3-6H,7-11H2,1-2H3,(H2,16,17,18). The molecule has 0 heterocycles. The Morgan fingerprint density at radius 3 is 2.75 bits per heavy atom. The molecule has 0 aliphatic heterocycles. The molecule has 1 aromatic carbocycles. The molecule has 4 nitrogen and oxygen atoms in total. The molecule has 1 aromatic rings. The van der Waals surface area contributed by atoms with Gasteiger partial charge >= 0.3 is 0 Å². The number of hydrogen-bond acceptors (Lipinski definition) is 3. The van der Waals surface area contributed by atoms with Crippen LogP contribution in [0.1, 0.15) is 5.56 Å². The van der Waals surface area contributed by atoms with Crippen LogP contribution in [-0.4, -0.2) is 45.6 Å². The minimum Gasteiger partial charge on any atom is -0.383 e. The largest absolute Gasteiger partial charge is 0.383 e. The molecule has 1 rings (SSSR count). The van der Waals surface area contributed by atoms with E-state index in [1.54, 1.807) is 32.0 Å². The summed E-state index contributed by atoms with van der Waals surface area (Å²) in [6.07, 6.45) is 0. The molecule has 0 spiro atoms. The van der Waals surface area contributed by atoms with Crippen LogP contribution in [0.4, 0.5) is 4.39 Å². The molecule has 0 saturated carbocycles. The summed E-state index contributed by atoms with van der Waals surface area (Å²) in [5, 5.41) is 6.33. The molecule has 0 aromatic heterocycles. The average Bonchev–Trinajstić information content (AvgIpc) is 2.47. The number of rotatable bonds is 8. The number of aliphatic imine (C=N–C) groups is 1. The van der Waals surface area contributed by atoms with Gasteiger partial charge in [0.15, 0.2) is 5.96 Å². The number of guanidine groups is 1. The minimum absolute atomic E-state index is 0.134. The molecule has 0 amide bonds. The highest BCUT2D eigenvalue weighted by Gasteiger charge is 2.01. The van der Waals surface area contributed by atoms with Crippen molar-refractivity contribution in [1.82, 2.24) is 10.6 Å². The van der Waals surface area contributed by atoms with E-state index in [9.17, 15) is 4.39 Å². The molecular formula is C14H22FN3OS. The molecule has 20 heavy (non-hydrogen) atoms. The highest BCUT2D eigenvalue weighted by atomic mass is 32.2. The van der Waals surface area contributed by atoms with Gasteiger partial charge < -0.3 is 15.4 Å². The first-order chi connectivity index (χ1) is 9.77. The van der Waals surface area contributed by atoms with Gasteiger partial charge in [-0.2, -0.15) is 11.8 Å². The number of nitrogens with one attached hydrogen (secondary N) is 2. The van der Waals surface area contributed by atoms with E-state index in [1.807, 2.05) is 12.1 Å². The van der Waals surface area contributed by atoms with Crippen molar-refractivity contribution in [3.05, 3.63) is 35.6 Å². The Morgan fingerprint density at radius 2 is 2.05 bits per heavy atom. The van der Waals surface area contributed by atoms with E-state index < -0.39 is 0 Å². The van der Waals surface area contributed by atoms with Gasteiger partial charge in [-0.15, -0.1) is 0 Å². The van der Waals surface area contributed by atoms with Gasteiger partial charge in [-0.25, -0.2) is 4.39 Å². The Kier molecular flexibility index (Phi) is 8.82. The third-order valence-corrected chi connectivity index (χ3v) is 3.58. The lowest BCUT2D eigenvalue weighted by Crippen LogP contribution is -2.39. The van der Waals surface area contributed by atoms with Crippen LogP contribution in [0.15, 0.2) is 29.3 Å². The summed E-state index contributed by atoms with van der Waals surface area (Å²) in [4.78, 5) is 4.10. The predicted molar refractivity (Wildman–Crippen MR) is 83.8 cm³/mol. The van der Waals surface area contributed by atoms with E-state index >= 15 is 0 Å². The monoisotopic (exact) mass is 299 g/mol. The Balaban J connectivity index is 2.13. The van der Waals surface area contributed by atoms with Gasteiger partial charge in [-0.05, 0) is 11.6 Å². The molecular weight excluding hydrogens is 277 g/mol. The third-order valence-electron chi connectivity index (χ3n) is 2.58. The molecule has 0 atom stereocenters. The number of ether oxygens (including phenoxy) is 1. The number of thioether (sulfide) groups is 1. The molecule has 0 aliphatic rings. The topological polar surface area (TPSA) is 45.7 Å². The lowest BCUT2D eigenvalue weighted by atomic mass is 10.2. The van der Waals surface area contributed by atoms with Crippen LogP contribution in [0.5, 0.6) is 0 Å². The van der Waals surface area contributed by atoms with Gasteiger partial charge in [0, 0.05) is 38.8 Å². The fraction of sp³-hybridized carbons (Fsp3) is 0.500. The number of nitrogens with zero attached hydrogens (tertiary/aromatic N) is 1. The molecule has 0 aliphatic carbocycles. The summed E-state index contributed by atoms with van der Waals surface area (Å²) < 4.78 is 18.3. The molecule has 112 valence electrons. The van der Waals surface area contributed by atoms with E-state index in [0.717, 1.165) is 30.4 Å². The van der Waals surface area contributed by atoms with E-state index in [0.29, 0.717) is 12.4 Å². The number of halogens is 1. The van der Waals surface area contributed by atoms with Crippen LogP contribution >= 0.6 is 11.8 Å². The number of methoxy groups -OCH3 is 1. The highest BCUT2D eigenvalue weighted by molar-refractivity contribution is 7.98. The highest BCUT2D eigenvalue weighted by Crippen LogP contribution is 2.14. The summed E-state index contributed by atoms with van der Waals surface area (Å²) in [6.45, 7) is 2.15. The van der Waals surface area contributed by atoms with E-state index in [2.05, 4.69) is 15.6 Å². The number of benzene rings is 1. The van der Waals surface area contributed by atoms with Crippen LogP contribution in [0.25, 0.3) is 0 Å². The molecule has 0 fully saturated rings. The summed E-state index contributed by atoms with van der Waals surface area (Å²) in [7, 11) is 3.39. The van der Waals surface area contributed by atoms with Gasteiger partial charge in [0.05, 0.1) is 6.61 Å². The molecule has 0 radical (unpaired) electrons. The smallest absolute Gasteiger partial charge is 0.191 e. The summed E-state index contributed by atoms with van der Waals surface area (Å²) >= 11 is 1.69. The minimum atomic E-state index is -0.134. The van der Waals surface area contributed by atoms with Crippen molar-refractivity contribution >= 4 is 17.7 Å². The average molecular weight is 299 g/mol. The fourth-order valence-corrected chi connectivity index (χ4v) is 2.38. The molecule has 0 saturated heterocycles. The lowest BCUT2D eigenvalue weighted by molar-refractivity contribution is 0.203. The second kappa shape index (κ2) is 10.5. The van der Waals surface area contributed by atoms with Gasteiger partial charge in [0.1, 0.15) is 5.82 Å². The van der Waals surface area contributed by atoms with E-state index in [1.165, 1.54) is 6.07 Å². The van der Waals surface area contributed by atoms with Crippen molar-refractivity contribution in [2.45, 2.75) is 5.75 Å². The predicted octanol–water partition coefficient (Wildman–Crippen LogP) is 1.87. The first-order valence-corrected chi connectivity index (χ1v) is 7.68. The van der Waals surface area contributed by atoms with Crippen LogP contribution in [0.3, 0.4) is 0 Å². The van der Waals surface area contributed by atoms with E-state index in [4.69, 9.17) is 4.74 Å². The normalized spacial score (nSPS) is 11.4. The maximum Gasteiger partial charge on any atom is 0.191 e. The summed E-state index contributed by atoms with van der Waals surface area (Å²) in [6, 6.07) is 6.89. The fourth-order valence-electron chi connectivity index (χ4n) is 1.53. The van der Waals surface area contributed by atoms with Crippen LogP contribution < -0.4 is 10.6 Å². The summed E-state index contributed by atoms with van der Waals surface area (Å²) in [5.41, 5.74) is 0.750. The first-order valence-electron chi connectivity index (χ1n) is 6.52. The zero-order valence-corrected chi connectivity index (χ0v) is 12.8. The second-order valence-corrected chi connectivity index (χ2v) is 5.17. The zero-order valence-electron chi connectivity index (χ0n) is 12.0. The molecule has 6 heteroatoms. The van der Waals surface area contributed by atoms with Gasteiger partial charge in [-0.1, -0.05) is 18.2 Å². The first kappa shape index (κ1) is 16.8. The second-order valence-electron chi connectivity index (χ2n) is 4.06. The van der Waals surface area contributed by atoms with Crippen LogP contribution in [0, 0.1) is 5.82 Å². The molecule has 2 N–H and O–H groups in total. The molecule has 0 bridgehead atoms. The van der Waals surface area contributed by atoms with Crippen molar-refractivity contribution in [2.24, 2.45) is 4.99 Å². The summed E-state index contributed by atoms with van der Waals surface area (Å²) in [5.74, 6) is 2.20. The maximum absolute atomic E-state index is 13.4. The Morgan fingerprint density at radius 1 is 1.30 bits per heavy atom. The Hall–Kier alpha value is -1.27. The quantitative estimate of drug-likeness (QED) is 0.437. The molecule has 0 unspecified atom stereocenters. The van der Waals surface area contributed by atoms with Crippen molar-refractivity contribution in [3.8, 4) is 0 Å². The van der Waals surface area contributed by atoms with Gasteiger partial charge in [-0.3, -0.25) is 4.99 Å². The van der Waals surface area contributed by atoms with Gasteiger partial charge in [0.2, 0.25) is 0 Å². The Labute approximate surface area is 124 Å². The third kappa shape index (κ3) is 6.77. The van der Waals surface area contributed by atoms with E-state index in [-0.39, 0.29) is 5.82 Å². The van der Waals surface area contributed by atoms with Gasteiger partial charge in [0.25, 0.3) is 0 Å². The lowest BCUT2D eigenvalue weighted by Gasteiger charge is -2.11. The zero-order chi connectivity index (χ0) is 14.6.